The summed E-state index contributed by atoms with van der Waals surface area (Å²) < 4.78 is 0. The van der Waals surface area contributed by atoms with Crippen molar-refractivity contribution in [3.8, 4) is 0 Å². The van der Waals surface area contributed by atoms with Gasteiger partial charge in [0.25, 0.3) is 0 Å². The fourth-order valence-electron chi connectivity index (χ4n) is 4.02. The van der Waals surface area contributed by atoms with E-state index >= 15 is 0 Å². The van der Waals surface area contributed by atoms with Crippen LogP contribution in [0.15, 0.2) is 12.4 Å². The SMILES string of the molecule is O=C(O)c1cnc(N2CCCC(c3n[nH]c(C4CCCCC4)n3)C2)cn1. The van der Waals surface area contributed by atoms with Crippen molar-refractivity contribution in [2.45, 2.75) is 56.8 Å². The van der Waals surface area contributed by atoms with Crippen molar-refractivity contribution in [2.75, 3.05) is 18.0 Å². The molecule has 3 heterocycles. The van der Waals surface area contributed by atoms with Gasteiger partial charge >= 0.3 is 5.97 Å². The van der Waals surface area contributed by atoms with Crippen LogP contribution in [0.25, 0.3) is 0 Å². The molecule has 1 aliphatic carbocycles. The molecule has 2 fully saturated rings. The molecule has 2 aromatic rings. The first-order valence-corrected chi connectivity index (χ1v) is 9.43. The lowest BCUT2D eigenvalue weighted by Crippen LogP contribution is -2.35. The van der Waals surface area contributed by atoms with Crippen molar-refractivity contribution < 1.29 is 9.90 Å². The van der Waals surface area contributed by atoms with E-state index in [1.807, 2.05) is 0 Å². The minimum Gasteiger partial charge on any atom is -0.476 e. The van der Waals surface area contributed by atoms with Gasteiger partial charge in [-0.1, -0.05) is 19.3 Å². The highest BCUT2D eigenvalue weighted by Gasteiger charge is 2.27. The van der Waals surface area contributed by atoms with Crippen LogP contribution in [-0.4, -0.2) is 49.3 Å². The highest BCUT2D eigenvalue weighted by Crippen LogP contribution is 2.32. The largest absolute Gasteiger partial charge is 0.476 e. The molecule has 0 spiro atoms. The van der Waals surface area contributed by atoms with Gasteiger partial charge in [-0.3, -0.25) is 5.10 Å². The summed E-state index contributed by atoms with van der Waals surface area (Å²) >= 11 is 0. The number of H-pyrrole nitrogens is 1. The molecule has 1 atom stereocenters. The second-order valence-electron chi connectivity index (χ2n) is 7.26. The number of aromatic nitrogens is 5. The van der Waals surface area contributed by atoms with Gasteiger partial charge in [0.1, 0.15) is 11.6 Å². The Morgan fingerprint density at radius 1 is 1.08 bits per heavy atom. The molecule has 0 amide bonds. The number of aromatic amines is 1. The average molecular weight is 356 g/mol. The lowest BCUT2D eigenvalue weighted by atomic mass is 9.89. The van der Waals surface area contributed by atoms with Crippen molar-refractivity contribution in [3.05, 3.63) is 29.7 Å². The van der Waals surface area contributed by atoms with Gasteiger partial charge in [0.2, 0.25) is 0 Å². The number of aromatic carboxylic acids is 1. The maximum Gasteiger partial charge on any atom is 0.356 e. The summed E-state index contributed by atoms with van der Waals surface area (Å²) in [5.74, 6) is 2.38. The van der Waals surface area contributed by atoms with E-state index in [-0.39, 0.29) is 11.6 Å². The van der Waals surface area contributed by atoms with E-state index in [1.165, 1.54) is 44.5 Å². The van der Waals surface area contributed by atoms with Crippen LogP contribution < -0.4 is 4.90 Å². The van der Waals surface area contributed by atoms with Gasteiger partial charge in [-0.2, -0.15) is 5.10 Å². The monoisotopic (exact) mass is 356 g/mol. The summed E-state index contributed by atoms with van der Waals surface area (Å²) in [7, 11) is 0. The lowest BCUT2D eigenvalue weighted by molar-refractivity contribution is 0.0690. The van der Waals surface area contributed by atoms with Gasteiger partial charge in [-0.15, -0.1) is 0 Å². The first-order valence-electron chi connectivity index (χ1n) is 9.43. The van der Waals surface area contributed by atoms with E-state index in [1.54, 1.807) is 0 Å². The van der Waals surface area contributed by atoms with Gasteiger partial charge in [0.15, 0.2) is 11.5 Å². The minimum absolute atomic E-state index is 0.0339. The van der Waals surface area contributed by atoms with Crippen LogP contribution in [-0.2, 0) is 0 Å². The fraction of sp³-hybridized carbons (Fsp3) is 0.611. The van der Waals surface area contributed by atoms with Gasteiger partial charge in [0.05, 0.1) is 12.4 Å². The maximum absolute atomic E-state index is 10.9. The Labute approximate surface area is 152 Å². The molecule has 4 rings (SSSR count). The number of hydrogen-bond donors (Lipinski definition) is 2. The summed E-state index contributed by atoms with van der Waals surface area (Å²) in [6, 6.07) is 0. The molecule has 0 bridgehead atoms. The normalized spacial score (nSPS) is 21.7. The molecule has 0 aromatic carbocycles. The highest BCUT2D eigenvalue weighted by atomic mass is 16.4. The van der Waals surface area contributed by atoms with E-state index in [0.29, 0.717) is 11.7 Å². The first kappa shape index (κ1) is 16.9. The Hall–Kier alpha value is -2.51. The molecular formula is C18H24N6O2. The van der Waals surface area contributed by atoms with E-state index in [4.69, 9.17) is 10.1 Å². The Morgan fingerprint density at radius 3 is 2.62 bits per heavy atom. The third-order valence-electron chi connectivity index (χ3n) is 5.48. The van der Waals surface area contributed by atoms with Gasteiger partial charge in [-0.25, -0.2) is 19.7 Å². The minimum atomic E-state index is -1.06. The second kappa shape index (κ2) is 7.39. The maximum atomic E-state index is 10.9. The van der Waals surface area contributed by atoms with E-state index in [9.17, 15) is 4.79 Å². The summed E-state index contributed by atoms with van der Waals surface area (Å²) in [4.78, 5) is 26.1. The van der Waals surface area contributed by atoms with E-state index in [0.717, 1.165) is 37.6 Å². The second-order valence-corrected chi connectivity index (χ2v) is 7.26. The van der Waals surface area contributed by atoms with Gasteiger partial charge < -0.3 is 10.0 Å². The molecule has 138 valence electrons. The molecule has 26 heavy (non-hydrogen) atoms. The quantitative estimate of drug-likeness (QED) is 0.867. The van der Waals surface area contributed by atoms with Crippen molar-refractivity contribution >= 4 is 11.8 Å². The summed E-state index contributed by atoms with van der Waals surface area (Å²) in [5.41, 5.74) is -0.0339. The number of nitrogens with one attached hydrogen (secondary N) is 1. The fourth-order valence-corrected chi connectivity index (χ4v) is 4.02. The zero-order valence-electron chi connectivity index (χ0n) is 14.8. The molecule has 8 nitrogen and oxygen atoms in total. The van der Waals surface area contributed by atoms with Crippen molar-refractivity contribution in [2.24, 2.45) is 0 Å². The zero-order chi connectivity index (χ0) is 17.9. The standard InChI is InChI=1S/C18H24N6O2/c25-18(26)14-9-20-15(10-19-14)24-8-4-7-13(11-24)17-21-16(22-23-17)12-5-2-1-3-6-12/h9-10,12-13H,1-8,11H2,(H,25,26)(H,21,22,23). The first-order chi connectivity index (χ1) is 12.7. The predicted octanol–water partition coefficient (Wildman–Crippen LogP) is 2.72. The van der Waals surface area contributed by atoms with Crippen LogP contribution in [0.5, 0.6) is 0 Å². The average Bonchev–Trinajstić information content (AvgIpc) is 3.19. The number of nitrogens with zero attached hydrogens (tertiary/aromatic N) is 5. The Kier molecular flexibility index (Phi) is 4.81. The third kappa shape index (κ3) is 3.54. The summed E-state index contributed by atoms with van der Waals surface area (Å²) in [6.07, 6.45) is 11.2. The Balaban J connectivity index is 1.45. The summed E-state index contributed by atoms with van der Waals surface area (Å²) in [5, 5.41) is 16.6. The zero-order valence-corrected chi connectivity index (χ0v) is 14.8. The number of anilines is 1. The molecule has 1 saturated carbocycles. The van der Waals surface area contributed by atoms with Crippen molar-refractivity contribution in [1.29, 1.82) is 0 Å². The van der Waals surface area contributed by atoms with Gasteiger partial charge in [-0.05, 0) is 25.7 Å². The summed E-state index contributed by atoms with van der Waals surface area (Å²) in [6.45, 7) is 1.67. The number of carbonyl (C=O) groups is 1. The van der Waals surface area contributed by atoms with Crippen molar-refractivity contribution in [3.63, 3.8) is 0 Å². The molecule has 2 aromatic heterocycles. The van der Waals surface area contributed by atoms with Crippen LogP contribution >= 0.6 is 0 Å². The highest BCUT2D eigenvalue weighted by molar-refractivity contribution is 5.84. The van der Waals surface area contributed by atoms with E-state index < -0.39 is 5.97 Å². The van der Waals surface area contributed by atoms with E-state index in [2.05, 4.69) is 25.1 Å². The number of carboxylic acid groups (broad SMARTS) is 1. The number of piperidine rings is 1. The molecule has 8 heteroatoms. The number of carboxylic acids is 1. The lowest BCUT2D eigenvalue weighted by Gasteiger charge is -2.32. The van der Waals surface area contributed by atoms with Crippen LogP contribution in [0.2, 0.25) is 0 Å². The molecule has 2 N–H and O–H groups in total. The predicted molar refractivity (Wildman–Crippen MR) is 95.4 cm³/mol. The van der Waals surface area contributed by atoms with Crippen LogP contribution in [0, 0.1) is 0 Å². The van der Waals surface area contributed by atoms with Crippen molar-refractivity contribution in [1.82, 2.24) is 25.1 Å². The molecule has 1 saturated heterocycles. The topological polar surface area (TPSA) is 108 Å². The molecule has 0 radical (unpaired) electrons. The molecule has 1 aliphatic heterocycles. The van der Waals surface area contributed by atoms with Crippen LogP contribution in [0.3, 0.4) is 0 Å². The molecule has 1 unspecified atom stereocenters. The smallest absolute Gasteiger partial charge is 0.356 e. The van der Waals surface area contributed by atoms with Gasteiger partial charge in [0, 0.05) is 24.9 Å². The van der Waals surface area contributed by atoms with Crippen LogP contribution in [0.4, 0.5) is 5.82 Å². The van der Waals surface area contributed by atoms with Crippen LogP contribution in [0.1, 0.15) is 78.9 Å². The molecule has 2 aliphatic rings. The number of rotatable bonds is 4. The Bertz CT molecular complexity index is 753. The number of hydrogen-bond acceptors (Lipinski definition) is 6. The molecular weight excluding hydrogens is 332 g/mol. The third-order valence-corrected chi connectivity index (χ3v) is 5.48. The Morgan fingerprint density at radius 2 is 1.88 bits per heavy atom.